The Bertz CT molecular complexity index is 796. The van der Waals surface area contributed by atoms with Crippen LogP contribution in [-0.2, 0) is 11.0 Å². The van der Waals surface area contributed by atoms with Crippen LogP contribution in [0.3, 0.4) is 0 Å². The third kappa shape index (κ3) is 2.79. The molecule has 0 spiro atoms. The number of nitrogens with one attached hydrogen (secondary N) is 1. The van der Waals surface area contributed by atoms with Crippen LogP contribution in [-0.4, -0.2) is 13.0 Å². The molecule has 0 radical (unpaired) electrons. The molecule has 2 aromatic carbocycles. The highest BCUT2D eigenvalue weighted by Gasteiger charge is 2.34. The van der Waals surface area contributed by atoms with Crippen LogP contribution < -0.4 is 10.2 Å². The molecule has 23 heavy (non-hydrogen) atoms. The second-order valence-corrected chi connectivity index (χ2v) is 5.17. The molecule has 0 aromatic heterocycles. The molecule has 1 N–H and O–H groups in total. The first-order valence-corrected chi connectivity index (χ1v) is 6.89. The Morgan fingerprint density at radius 2 is 1.70 bits per heavy atom. The summed E-state index contributed by atoms with van der Waals surface area (Å²) in [5.41, 5.74) is 0.908. The quantitative estimate of drug-likeness (QED) is 0.844. The molecule has 118 valence electrons. The Morgan fingerprint density at radius 3 is 2.43 bits per heavy atom. The highest BCUT2D eigenvalue weighted by Crippen LogP contribution is 2.37. The van der Waals surface area contributed by atoms with E-state index in [2.05, 4.69) is 5.32 Å². The zero-order valence-electron chi connectivity index (χ0n) is 12.2. The molecule has 3 nitrogen and oxygen atoms in total. The lowest BCUT2D eigenvalue weighted by Gasteiger charge is -2.20. The lowest BCUT2D eigenvalue weighted by Crippen LogP contribution is -2.17. The van der Waals surface area contributed by atoms with Crippen molar-refractivity contribution in [2.24, 2.45) is 0 Å². The molecule has 0 unspecified atom stereocenters. The first-order valence-electron chi connectivity index (χ1n) is 6.89. The van der Waals surface area contributed by atoms with Gasteiger partial charge in [-0.3, -0.25) is 4.79 Å². The number of fused-ring (bicyclic) bond motifs is 1. The Kier molecular flexibility index (Phi) is 3.60. The Morgan fingerprint density at radius 1 is 1.04 bits per heavy atom. The van der Waals surface area contributed by atoms with Gasteiger partial charge >= 0.3 is 6.18 Å². The zero-order chi connectivity index (χ0) is 16.6. The van der Waals surface area contributed by atoms with E-state index in [1.54, 1.807) is 24.3 Å². The standard InChI is InChI=1S/C17H13F3N2O/c1-22(15-9-5-3-7-13(15)17(18,19)20)10-12-11-6-2-4-8-14(11)21-16(12)23/h2-10H,1H3,(H,21,23). The van der Waals surface area contributed by atoms with Crippen LogP contribution >= 0.6 is 0 Å². The van der Waals surface area contributed by atoms with Crippen molar-refractivity contribution in [1.82, 2.24) is 0 Å². The van der Waals surface area contributed by atoms with Gasteiger partial charge in [-0.1, -0.05) is 30.3 Å². The molecule has 2 aromatic rings. The van der Waals surface area contributed by atoms with Crippen molar-refractivity contribution in [3.8, 4) is 0 Å². The maximum atomic E-state index is 13.1. The minimum Gasteiger partial charge on any atom is -0.350 e. The Balaban J connectivity index is 2.03. The number of alkyl halides is 3. The Hall–Kier alpha value is -2.76. The predicted octanol–water partition coefficient (Wildman–Crippen LogP) is 4.13. The molecule has 3 rings (SSSR count). The summed E-state index contributed by atoms with van der Waals surface area (Å²) in [6.45, 7) is 0. The van der Waals surface area contributed by atoms with Crippen molar-refractivity contribution in [3.63, 3.8) is 0 Å². The number of amides is 1. The lowest BCUT2D eigenvalue weighted by atomic mass is 10.1. The molecular weight excluding hydrogens is 305 g/mol. The molecule has 0 saturated carbocycles. The number of nitrogens with zero attached hydrogens (tertiary/aromatic N) is 1. The number of halogens is 3. The number of benzene rings is 2. The van der Waals surface area contributed by atoms with E-state index in [0.29, 0.717) is 16.8 Å². The summed E-state index contributed by atoms with van der Waals surface area (Å²) in [5.74, 6) is -0.331. The smallest absolute Gasteiger partial charge is 0.350 e. The topological polar surface area (TPSA) is 32.3 Å². The van der Waals surface area contributed by atoms with Crippen LogP contribution in [0.4, 0.5) is 24.5 Å². The third-order valence-corrected chi connectivity index (χ3v) is 3.62. The summed E-state index contributed by atoms with van der Waals surface area (Å²) in [7, 11) is 1.49. The van der Waals surface area contributed by atoms with E-state index in [0.717, 1.165) is 6.07 Å². The van der Waals surface area contributed by atoms with E-state index < -0.39 is 11.7 Å². The van der Waals surface area contributed by atoms with E-state index in [9.17, 15) is 18.0 Å². The second-order valence-electron chi connectivity index (χ2n) is 5.17. The van der Waals surface area contributed by atoms with E-state index in [-0.39, 0.29) is 11.6 Å². The number of rotatable bonds is 2. The van der Waals surface area contributed by atoms with Crippen molar-refractivity contribution in [2.45, 2.75) is 6.18 Å². The largest absolute Gasteiger partial charge is 0.418 e. The van der Waals surface area contributed by atoms with Gasteiger partial charge in [0.05, 0.1) is 16.8 Å². The van der Waals surface area contributed by atoms with E-state index in [1.165, 1.54) is 36.3 Å². The molecule has 0 saturated heterocycles. The summed E-state index contributed by atoms with van der Waals surface area (Å²) in [6, 6.07) is 12.3. The number of carbonyl (C=O) groups excluding carboxylic acids is 1. The highest BCUT2D eigenvalue weighted by atomic mass is 19.4. The van der Waals surface area contributed by atoms with Crippen molar-refractivity contribution in [2.75, 3.05) is 17.3 Å². The number of carbonyl (C=O) groups is 1. The maximum Gasteiger partial charge on any atom is 0.418 e. The van der Waals surface area contributed by atoms with Crippen LogP contribution in [0.25, 0.3) is 5.57 Å². The normalized spacial score (nSPS) is 15.5. The maximum absolute atomic E-state index is 13.1. The van der Waals surface area contributed by atoms with Crippen molar-refractivity contribution >= 4 is 22.9 Å². The number of hydrogen-bond donors (Lipinski definition) is 1. The first-order chi connectivity index (χ1) is 10.9. The van der Waals surface area contributed by atoms with Gasteiger partial charge in [0, 0.05) is 24.5 Å². The summed E-state index contributed by atoms with van der Waals surface area (Å²) in [6.07, 6.45) is -3.04. The van der Waals surface area contributed by atoms with Gasteiger partial charge < -0.3 is 10.2 Å². The van der Waals surface area contributed by atoms with Crippen molar-refractivity contribution in [1.29, 1.82) is 0 Å². The SMILES string of the molecule is CN(C=C1C(=O)Nc2ccccc21)c1ccccc1C(F)(F)F. The third-order valence-electron chi connectivity index (χ3n) is 3.62. The van der Waals surface area contributed by atoms with Crippen molar-refractivity contribution < 1.29 is 18.0 Å². The van der Waals surface area contributed by atoms with Gasteiger partial charge in [-0.15, -0.1) is 0 Å². The van der Waals surface area contributed by atoms with Gasteiger partial charge in [0.1, 0.15) is 0 Å². The molecule has 0 aliphatic carbocycles. The van der Waals surface area contributed by atoms with Gasteiger partial charge in [0.2, 0.25) is 0 Å². The van der Waals surface area contributed by atoms with Crippen LogP contribution in [0.1, 0.15) is 11.1 Å². The lowest BCUT2D eigenvalue weighted by molar-refractivity contribution is -0.137. The predicted molar refractivity (Wildman–Crippen MR) is 82.9 cm³/mol. The van der Waals surface area contributed by atoms with E-state index >= 15 is 0 Å². The first kappa shape index (κ1) is 15.1. The minimum atomic E-state index is -4.46. The molecule has 1 amide bonds. The number of para-hydroxylation sites is 2. The van der Waals surface area contributed by atoms with Gasteiger partial charge in [0.15, 0.2) is 0 Å². The number of anilines is 2. The molecule has 1 aliphatic heterocycles. The fourth-order valence-corrected chi connectivity index (χ4v) is 2.55. The van der Waals surface area contributed by atoms with Crippen LogP contribution in [0.2, 0.25) is 0 Å². The summed E-state index contributed by atoms with van der Waals surface area (Å²) in [5, 5.41) is 2.69. The van der Waals surface area contributed by atoms with Gasteiger partial charge in [-0.2, -0.15) is 13.2 Å². The fourth-order valence-electron chi connectivity index (χ4n) is 2.55. The fraction of sp³-hybridized carbons (Fsp3) is 0.118. The Labute approximate surface area is 131 Å². The van der Waals surface area contributed by atoms with Crippen molar-refractivity contribution in [3.05, 3.63) is 65.9 Å². The highest BCUT2D eigenvalue weighted by molar-refractivity contribution is 6.31. The van der Waals surface area contributed by atoms with E-state index in [1.807, 2.05) is 0 Å². The molecule has 0 atom stereocenters. The average Bonchev–Trinajstić information content (AvgIpc) is 2.82. The van der Waals surface area contributed by atoms with Gasteiger partial charge in [0.25, 0.3) is 5.91 Å². The second kappa shape index (κ2) is 5.46. The molecule has 1 heterocycles. The summed E-state index contributed by atoms with van der Waals surface area (Å²) in [4.78, 5) is 13.4. The molecule has 1 aliphatic rings. The summed E-state index contributed by atoms with van der Waals surface area (Å²) < 4.78 is 39.3. The molecular formula is C17H13F3N2O. The van der Waals surface area contributed by atoms with Gasteiger partial charge in [-0.25, -0.2) is 0 Å². The van der Waals surface area contributed by atoms with E-state index in [4.69, 9.17) is 0 Å². The van der Waals surface area contributed by atoms with Gasteiger partial charge in [-0.05, 0) is 18.2 Å². The number of hydrogen-bond acceptors (Lipinski definition) is 2. The van der Waals surface area contributed by atoms with Crippen LogP contribution in [0.15, 0.2) is 54.7 Å². The molecule has 6 heteroatoms. The zero-order valence-corrected chi connectivity index (χ0v) is 12.2. The molecule has 0 fully saturated rings. The van der Waals surface area contributed by atoms with Crippen LogP contribution in [0.5, 0.6) is 0 Å². The average molecular weight is 318 g/mol. The summed E-state index contributed by atoms with van der Waals surface area (Å²) >= 11 is 0. The van der Waals surface area contributed by atoms with Crippen LogP contribution in [0, 0.1) is 0 Å². The monoisotopic (exact) mass is 318 g/mol. The minimum absolute atomic E-state index is 0.00955. The molecule has 0 bridgehead atoms.